The number of hydrogen-bond acceptors (Lipinski definition) is 4. The Labute approximate surface area is 119 Å². The number of benzene rings is 1. The lowest BCUT2D eigenvalue weighted by Crippen LogP contribution is -2.32. The molecule has 5 heteroatoms. The van der Waals surface area contributed by atoms with Crippen LogP contribution in [0.1, 0.15) is 38.1 Å². The number of carbonyl (C=O) groups excluding carboxylic acids is 2. The molecule has 5 nitrogen and oxygen atoms in total. The Morgan fingerprint density at radius 2 is 1.70 bits per heavy atom. The van der Waals surface area contributed by atoms with Crippen LogP contribution in [0.2, 0.25) is 0 Å². The Balaban J connectivity index is 2.54. The molecule has 1 amide bonds. The molecule has 0 saturated carbocycles. The van der Waals surface area contributed by atoms with Gasteiger partial charge in [0.15, 0.2) is 0 Å². The SMILES string of the molecule is CC(C)NCC(=O)Nc1ccc(C(=O)OC(C)C)cc1. The van der Waals surface area contributed by atoms with E-state index in [0.29, 0.717) is 11.3 Å². The summed E-state index contributed by atoms with van der Waals surface area (Å²) in [6.07, 6.45) is -0.149. The van der Waals surface area contributed by atoms with Crippen LogP contribution in [0.3, 0.4) is 0 Å². The van der Waals surface area contributed by atoms with Crippen molar-refractivity contribution >= 4 is 17.6 Å². The zero-order valence-corrected chi connectivity index (χ0v) is 12.4. The van der Waals surface area contributed by atoms with Crippen molar-refractivity contribution in [3.63, 3.8) is 0 Å². The van der Waals surface area contributed by atoms with Crippen molar-refractivity contribution in [3.8, 4) is 0 Å². The van der Waals surface area contributed by atoms with Crippen molar-refractivity contribution < 1.29 is 14.3 Å². The number of anilines is 1. The van der Waals surface area contributed by atoms with Crippen LogP contribution < -0.4 is 10.6 Å². The molecule has 0 unspecified atom stereocenters. The largest absolute Gasteiger partial charge is 0.459 e. The van der Waals surface area contributed by atoms with E-state index in [0.717, 1.165) is 0 Å². The minimum atomic E-state index is -0.362. The maximum Gasteiger partial charge on any atom is 0.338 e. The van der Waals surface area contributed by atoms with Gasteiger partial charge in [-0.1, -0.05) is 13.8 Å². The molecule has 0 bridgehead atoms. The smallest absolute Gasteiger partial charge is 0.338 e. The Kier molecular flexibility index (Phi) is 6.18. The molecule has 0 aliphatic carbocycles. The lowest BCUT2D eigenvalue weighted by Gasteiger charge is -2.10. The first kappa shape index (κ1) is 16.2. The number of hydrogen-bond donors (Lipinski definition) is 2. The minimum absolute atomic E-state index is 0.115. The van der Waals surface area contributed by atoms with E-state index in [-0.39, 0.29) is 30.6 Å². The summed E-state index contributed by atoms with van der Waals surface area (Å²) < 4.78 is 5.09. The molecule has 0 heterocycles. The lowest BCUT2D eigenvalue weighted by atomic mass is 10.2. The van der Waals surface area contributed by atoms with Crippen LogP contribution in [0.4, 0.5) is 5.69 Å². The van der Waals surface area contributed by atoms with Crippen LogP contribution in [-0.4, -0.2) is 30.6 Å². The second kappa shape index (κ2) is 7.65. The van der Waals surface area contributed by atoms with E-state index in [1.165, 1.54) is 0 Å². The number of ether oxygens (including phenoxy) is 1. The summed E-state index contributed by atoms with van der Waals surface area (Å²) in [6, 6.07) is 6.90. The van der Waals surface area contributed by atoms with Crippen molar-refractivity contribution in [2.75, 3.05) is 11.9 Å². The third kappa shape index (κ3) is 5.84. The molecule has 0 spiro atoms. The molecule has 1 aromatic carbocycles. The summed E-state index contributed by atoms with van der Waals surface area (Å²) >= 11 is 0. The summed E-state index contributed by atoms with van der Waals surface area (Å²) in [5.41, 5.74) is 1.12. The Morgan fingerprint density at radius 3 is 2.20 bits per heavy atom. The van der Waals surface area contributed by atoms with E-state index in [1.807, 2.05) is 13.8 Å². The molecule has 0 atom stereocenters. The summed E-state index contributed by atoms with van der Waals surface area (Å²) in [7, 11) is 0. The molecule has 0 aliphatic rings. The fourth-order valence-electron chi connectivity index (χ4n) is 1.47. The summed E-state index contributed by atoms with van der Waals surface area (Å²) in [5, 5.41) is 5.78. The average Bonchev–Trinajstić information content (AvgIpc) is 2.36. The van der Waals surface area contributed by atoms with Gasteiger partial charge in [0, 0.05) is 11.7 Å². The molecule has 0 aromatic heterocycles. The third-order valence-electron chi connectivity index (χ3n) is 2.42. The molecule has 1 rings (SSSR count). The molecular formula is C15H22N2O3. The number of esters is 1. The molecule has 0 radical (unpaired) electrons. The highest BCUT2D eigenvalue weighted by Gasteiger charge is 2.09. The van der Waals surface area contributed by atoms with E-state index >= 15 is 0 Å². The maximum absolute atomic E-state index is 11.6. The molecule has 110 valence electrons. The van der Waals surface area contributed by atoms with Gasteiger partial charge in [0.1, 0.15) is 0 Å². The Morgan fingerprint density at radius 1 is 1.10 bits per heavy atom. The Bertz CT molecular complexity index is 453. The second-order valence-electron chi connectivity index (χ2n) is 5.12. The van der Waals surface area contributed by atoms with E-state index in [1.54, 1.807) is 38.1 Å². The monoisotopic (exact) mass is 278 g/mol. The molecule has 0 fully saturated rings. The zero-order chi connectivity index (χ0) is 15.1. The van der Waals surface area contributed by atoms with Crippen LogP contribution in [0, 0.1) is 0 Å². The van der Waals surface area contributed by atoms with E-state index in [9.17, 15) is 9.59 Å². The van der Waals surface area contributed by atoms with Crippen LogP contribution in [-0.2, 0) is 9.53 Å². The average molecular weight is 278 g/mol. The van der Waals surface area contributed by atoms with Gasteiger partial charge in [0.05, 0.1) is 18.2 Å². The van der Waals surface area contributed by atoms with Crippen LogP contribution >= 0.6 is 0 Å². The predicted octanol–water partition coefficient (Wildman–Crippen LogP) is 2.19. The van der Waals surface area contributed by atoms with Gasteiger partial charge in [-0.2, -0.15) is 0 Å². The van der Waals surface area contributed by atoms with Crippen molar-refractivity contribution in [2.45, 2.75) is 39.8 Å². The highest BCUT2D eigenvalue weighted by Crippen LogP contribution is 2.11. The first-order valence-electron chi connectivity index (χ1n) is 6.72. The fraction of sp³-hybridized carbons (Fsp3) is 0.467. The number of nitrogens with one attached hydrogen (secondary N) is 2. The molecule has 0 saturated heterocycles. The highest BCUT2D eigenvalue weighted by molar-refractivity contribution is 5.94. The fourth-order valence-corrected chi connectivity index (χ4v) is 1.47. The van der Waals surface area contributed by atoms with E-state index in [2.05, 4.69) is 10.6 Å². The third-order valence-corrected chi connectivity index (χ3v) is 2.42. The molecule has 20 heavy (non-hydrogen) atoms. The minimum Gasteiger partial charge on any atom is -0.459 e. The quantitative estimate of drug-likeness (QED) is 0.783. The van der Waals surface area contributed by atoms with Gasteiger partial charge in [0.2, 0.25) is 5.91 Å². The molecular weight excluding hydrogens is 256 g/mol. The van der Waals surface area contributed by atoms with Gasteiger partial charge in [0.25, 0.3) is 0 Å². The standard InChI is InChI=1S/C15H22N2O3/c1-10(2)16-9-14(18)17-13-7-5-12(6-8-13)15(19)20-11(3)4/h5-8,10-11,16H,9H2,1-4H3,(H,17,18). The zero-order valence-electron chi connectivity index (χ0n) is 12.4. The normalized spacial score (nSPS) is 10.7. The van der Waals surface area contributed by atoms with Gasteiger partial charge in [-0.25, -0.2) is 4.79 Å². The number of amides is 1. The summed E-state index contributed by atoms with van der Waals surface area (Å²) in [5.74, 6) is -0.476. The predicted molar refractivity (Wildman–Crippen MR) is 78.8 cm³/mol. The second-order valence-corrected chi connectivity index (χ2v) is 5.12. The van der Waals surface area contributed by atoms with Gasteiger partial charge in [-0.05, 0) is 38.1 Å². The number of carbonyl (C=O) groups is 2. The molecule has 0 aliphatic heterocycles. The highest BCUT2D eigenvalue weighted by atomic mass is 16.5. The lowest BCUT2D eigenvalue weighted by molar-refractivity contribution is -0.115. The van der Waals surface area contributed by atoms with Crippen molar-refractivity contribution in [3.05, 3.63) is 29.8 Å². The van der Waals surface area contributed by atoms with Crippen LogP contribution in [0.15, 0.2) is 24.3 Å². The first-order valence-corrected chi connectivity index (χ1v) is 6.72. The van der Waals surface area contributed by atoms with Crippen molar-refractivity contribution in [1.29, 1.82) is 0 Å². The summed E-state index contributed by atoms with van der Waals surface area (Å²) in [4.78, 5) is 23.3. The van der Waals surface area contributed by atoms with Gasteiger partial charge in [-0.3, -0.25) is 4.79 Å². The van der Waals surface area contributed by atoms with E-state index < -0.39 is 0 Å². The van der Waals surface area contributed by atoms with Crippen LogP contribution in [0.5, 0.6) is 0 Å². The molecule has 1 aromatic rings. The van der Waals surface area contributed by atoms with Crippen molar-refractivity contribution in [2.24, 2.45) is 0 Å². The first-order chi connectivity index (χ1) is 9.38. The van der Waals surface area contributed by atoms with Gasteiger partial charge in [-0.15, -0.1) is 0 Å². The van der Waals surface area contributed by atoms with Crippen molar-refractivity contribution in [1.82, 2.24) is 5.32 Å². The topological polar surface area (TPSA) is 67.4 Å². The Hall–Kier alpha value is -1.88. The maximum atomic E-state index is 11.6. The molecule has 2 N–H and O–H groups in total. The van der Waals surface area contributed by atoms with Gasteiger partial charge >= 0.3 is 5.97 Å². The summed E-state index contributed by atoms with van der Waals surface area (Å²) in [6.45, 7) is 7.81. The van der Waals surface area contributed by atoms with Gasteiger partial charge < -0.3 is 15.4 Å². The van der Waals surface area contributed by atoms with E-state index in [4.69, 9.17) is 4.74 Å². The number of rotatable bonds is 6. The van der Waals surface area contributed by atoms with Crippen LogP contribution in [0.25, 0.3) is 0 Å².